The Bertz CT molecular complexity index is 346. The van der Waals surface area contributed by atoms with Gasteiger partial charge in [-0.3, -0.25) is 0 Å². The van der Waals surface area contributed by atoms with E-state index in [0.29, 0.717) is 0 Å². The van der Waals surface area contributed by atoms with Gasteiger partial charge in [-0.2, -0.15) is 0 Å². The number of hydrogen-bond acceptors (Lipinski definition) is 1. The molecule has 0 N–H and O–H groups in total. The van der Waals surface area contributed by atoms with Gasteiger partial charge in [0.2, 0.25) is 0 Å². The predicted molar refractivity (Wildman–Crippen MR) is 106 cm³/mol. The number of benzene rings is 1. The molecule has 137 valence electrons. The van der Waals surface area contributed by atoms with Crippen LogP contribution in [0.4, 0.5) is 0 Å². The van der Waals surface area contributed by atoms with Gasteiger partial charge in [0.25, 0.3) is 0 Å². The van der Waals surface area contributed by atoms with Crippen LogP contribution in [-0.4, -0.2) is 6.61 Å². The molecule has 1 aromatic carbocycles. The molecule has 0 aromatic heterocycles. The van der Waals surface area contributed by atoms with Gasteiger partial charge in [0.15, 0.2) is 0 Å². The van der Waals surface area contributed by atoms with Gasteiger partial charge in [0.1, 0.15) is 0 Å². The van der Waals surface area contributed by atoms with E-state index in [1.165, 1.54) is 102 Å². The second-order valence-electron chi connectivity index (χ2n) is 7.09. The molecule has 0 aliphatic rings. The fourth-order valence-electron chi connectivity index (χ4n) is 3.30. The largest absolute Gasteiger partial charge is 0.379 e. The molecule has 0 fully saturated rings. The number of rotatable bonds is 17. The molecule has 0 amide bonds. The lowest BCUT2D eigenvalue weighted by Gasteiger charge is -2.04. The van der Waals surface area contributed by atoms with Gasteiger partial charge in [-0.25, -0.2) is 0 Å². The van der Waals surface area contributed by atoms with Gasteiger partial charge in [0, 0.05) is 6.61 Å². The first-order valence-corrected chi connectivity index (χ1v) is 10.3. The molecule has 0 spiro atoms. The van der Waals surface area contributed by atoms with Gasteiger partial charge < -0.3 is 4.74 Å². The quantitative estimate of drug-likeness (QED) is 0.268. The Morgan fingerprint density at radius 3 is 1.42 bits per heavy atom. The van der Waals surface area contributed by atoms with E-state index in [0.717, 1.165) is 6.61 Å². The van der Waals surface area contributed by atoms with Crippen LogP contribution in [-0.2, 0) is 11.2 Å². The first-order valence-electron chi connectivity index (χ1n) is 10.3. The Morgan fingerprint density at radius 1 is 0.542 bits per heavy atom. The molecule has 0 bridgehead atoms. The zero-order chi connectivity index (χ0) is 17.1. The van der Waals surface area contributed by atoms with Crippen LogP contribution < -0.4 is 0 Å². The van der Waals surface area contributed by atoms with Crippen LogP contribution in [0.25, 0.3) is 0 Å². The highest BCUT2D eigenvalue weighted by Crippen LogP contribution is 2.14. The summed E-state index contributed by atoms with van der Waals surface area (Å²) in [5, 5.41) is 0. The average molecular weight is 332 g/mol. The lowest BCUT2D eigenvalue weighted by molar-refractivity contribution is 0.233. The van der Waals surface area contributed by atoms with Crippen LogP contribution in [0.5, 0.6) is 0 Å². The summed E-state index contributed by atoms with van der Waals surface area (Å²) in [4.78, 5) is 0. The van der Waals surface area contributed by atoms with Crippen molar-refractivity contribution in [1.29, 1.82) is 0 Å². The molecule has 0 aliphatic carbocycles. The number of aryl methyl sites for hydroxylation is 1. The molecule has 1 radical (unpaired) electrons. The zero-order valence-electron chi connectivity index (χ0n) is 15.8. The lowest BCUT2D eigenvalue weighted by Crippen LogP contribution is -1.87. The van der Waals surface area contributed by atoms with Crippen molar-refractivity contribution in [2.75, 3.05) is 6.61 Å². The van der Waals surface area contributed by atoms with Gasteiger partial charge in [-0.1, -0.05) is 107 Å². The van der Waals surface area contributed by atoms with Crippen LogP contribution in [0, 0.1) is 7.11 Å². The molecule has 0 atom stereocenters. The van der Waals surface area contributed by atoms with Crippen molar-refractivity contribution in [3.05, 3.63) is 43.0 Å². The van der Waals surface area contributed by atoms with Crippen molar-refractivity contribution in [2.45, 2.75) is 96.3 Å². The van der Waals surface area contributed by atoms with E-state index < -0.39 is 0 Å². The van der Waals surface area contributed by atoms with Crippen LogP contribution in [0.2, 0.25) is 0 Å². The summed E-state index contributed by atoms with van der Waals surface area (Å²) >= 11 is 0. The van der Waals surface area contributed by atoms with Crippen LogP contribution in [0.3, 0.4) is 0 Å². The topological polar surface area (TPSA) is 9.23 Å². The third kappa shape index (κ3) is 13.6. The average Bonchev–Trinajstić information content (AvgIpc) is 2.62. The third-order valence-corrected chi connectivity index (χ3v) is 4.85. The third-order valence-electron chi connectivity index (χ3n) is 4.85. The standard InChI is InChI=1S/C23H39O/c1-24-22-18-13-11-9-7-5-3-2-4-6-8-10-12-15-19-23-20-16-14-17-21-23/h14,16-17,20-21H,1-13,15,18-19,22H2. The van der Waals surface area contributed by atoms with Crippen molar-refractivity contribution in [2.24, 2.45) is 0 Å². The molecular formula is C23H39O. The SMILES string of the molecule is [CH2]OCCCCCCCCCCCCCCCCc1ccccc1. The van der Waals surface area contributed by atoms with E-state index in [1.54, 1.807) is 0 Å². The molecule has 1 rings (SSSR count). The molecule has 24 heavy (non-hydrogen) atoms. The van der Waals surface area contributed by atoms with E-state index in [-0.39, 0.29) is 0 Å². The highest BCUT2D eigenvalue weighted by Gasteiger charge is 1.95. The van der Waals surface area contributed by atoms with Crippen molar-refractivity contribution < 1.29 is 4.74 Å². The zero-order valence-corrected chi connectivity index (χ0v) is 15.8. The molecule has 1 heteroatoms. The van der Waals surface area contributed by atoms with Crippen LogP contribution >= 0.6 is 0 Å². The fourth-order valence-corrected chi connectivity index (χ4v) is 3.30. The summed E-state index contributed by atoms with van der Waals surface area (Å²) in [5.74, 6) is 0. The molecule has 1 nitrogen and oxygen atoms in total. The highest BCUT2D eigenvalue weighted by molar-refractivity contribution is 5.14. The molecule has 0 heterocycles. The second kappa shape index (κ2) is 17.0. The summed E-state index contributed by atoms with van der Waals surface area (Å²) in [6, 6.07) is 10.9. The highest BCUT2D eigenvalue weighted by atomic mass is 16.5. The normalized spacial score (nSPS) is 11.0. The minimum Gasteiger partial charge on any atom is -0.379 e. The second-order valence-corrected chi connectivity index (χ2v) is 7.09. The van der Waals surface area contributed by atoms with E-state index >= 15 is 0 Å². The maximum absolute atomic E-state index is 4.83. The lowest BCUT2D eigenvalue weighted by atomic mass is 10.0. The molecule has 0 saturated heterocycles. The smallest absolute Gasteiger partial charge is 0.0700 e. The Kier molecular flexibility index (Phi) is 15.0. The van der Waals surface area contributed by atoms with Gasteiger partial charge in [-0.05, 0) is 24.8 Å². The van der Waals surface area contributed by atoms with E-state index in [9.17, 15) is 0 Å². The van der Waals surface area contributed by atoms with Gasteiger partial charge in [0.05, 0.1) is 7.11 Å². The molecule has 0 unspecified atom stereocenters. The minimum absolute atomic E-state index is 0.826. The maximum Gasteiger partial charge on any atom is 0.0700 e. The Hall–Kier alpha value is -0.820. The maximum atomic E-state index is 4.83. The van der Waals surface area contributed by atoms with Gasteiger partial charge >= 0.3 is 0 Å². The van der Waals surface area contributed by atoms with Crippen molar-refractivity contribution in [1.82, 2.24) is 0 Å². The van der Waals surface area contributed by atoms with Crippen LogP contribution in [0.15, 0.2) is 30.3 Å². The Morgan fingerprint density at radius 2 is 0.958 bits per heavy atom. The summed E-state index contributed by atoms with van der Waals surface area (Å²) in [5.41, 5.74) is 1.49. The molecule has 0 aliphatic heterocycles. The monoisotopic (exact) mass is 331 g/mol. The Labute approximate surface area is 151 Å². The van der Waals surface area contributed by atoms with Gasteiger partial charge in [-0.15, -0.1) is 0 Å². The van der Waals surface area contributed by atoms with E-state index in [4.69, 9.17) is 4.74 Å². The minimum atomic E-state index is 0.826. The molecule has 1 aromatic rings. The number of ether oxygens (including phenoxy) is 1. The van der Waals surface area contributed by atoms with Crippen molar-refractivity contribution in [3.63, 3.8) is 0 Å². The summed E-state index contributed by atoms with van der Waals surface area (Å²) in [6.45, 7) is 0.826. The van der Waals surface area contributed by atoms with E-state index in [2.05, 4.69) is 37.4 Å². The molecular weight excluding hydrogens is 292 g/mol. The summed E-state index contributed by atoms with van der Waals surface area (Å²) in [6.07, 6.45) is 20.7. The fraction of sp³-hybridized carbons (Fsp3) is 0.696. The van der Waals surface area contributed by atoms with Crippen molar-refractivity contribution >= 4 is 0 Å². The first-order chi connectivity index (χ1) is 11.9. The number of hydrogen-bond donors (Lipinski definition) is 0. The Balaban J connectivity index is 1.70. The summed E-state index contributed by atoms with van der Waals surface area (Å²) < 4.78 is 4.83. The number of unbranched alkanes of at least 4 members (excludes halogenated alkanes) is 13. The van der Waals surface area contributed by atoms with E-state index in [1.807, 2.05) is 0 Å². The first kappa shape index (κ1) is 21.2. The van der Waals surface area contributed by atoms with Crippen LogP contribution in [0.1, 0.15) is 95.5 Å². The summed E-state index contributed by atoms with van der Waals surface area (Å²) in [7, 11) is 3.40. The van der Waals surface area contributed by atoms with Crippen molar-refractivity contribution in [3.8, 4) is 0 Å². The predicted octanol–water partition coefficient (Wildman–Crippen LogP) is 7.50. The molecule has 0 saturated carbocycles.